The van der Waals surface area contributed by atoms with Crippen LogP contribution in [0.4, 0.5) is 5.69 Å². The molecule has 1 fully saturated rings. The molecule has 3 N–H and O–H groups in total. The van der Waals surface area contributed by atoms with Gasteiger partial charge in [0, 0.05) is 11.8 Å². The zero-order valence-corrected chi connectivity index (χ0v) is 14.4. The molecule has 1 aromatic rings. The number of halogens is 2. The molecule has 0 saturated heterocycles. The van der Waals surface area contributed by atoms with Crippen molar-refractivity contribution in [2.75, 3.05) is 5.32 Å². The maximum atomic E-state index is 12.3. The van der Waals surface area contributed by atoms with E-state index < -0.39 is 0 Å². The Labute approximate surface area is 144 Å². The highest BCUT2D eigenvalue weighted by atomic mass is 35.5. The summed E-state index contributed by atoms with van der Waals surface area (Å²) in [6, 6.07) is 6.47. The topological polar surface area (TPSA) is 61.4 Å². The maximum Gasteiger partial charge on any atom is 0.230 e. The Morgan fingerprint density at radius 1 is 1.41 bits per heavy atom. The monoisotopic (exact) mass is 358 g/mol. The van der Waals surface area contributed by atoms with Crippen LogP contribution >= 0.6 is 35.4 Å². The number of hydrogen-bond donors (Lipinski definition) is 3. The van der Waals surface area contributed by atoms with E-state index in [-0.39, 0.29) is 38.5 Å². The first kappa shape index (κ1) is 17.1. The van der Waals surface area contributed by atoms with E-state index in [4.69, 9.17) is 35.4 Å². The summed E-state index contributed by atoms with van der Waals surface area (Å²) < 4.78 is 0.161. The van der Waals surface area contributed by atoms with Crippen molar-refractivity contribution >= 4 is 52.1 Å². The number of amides is 1. The number of carbonyl (C=O) groups excluding carboxylic acids is 1. The molecule has 1 aliphatic carbocycles. The molecule has 0 bridgehead atoms. The van der Waals surface area contributed by atoms with Crippen LogP contribution in [0.3, 0.4) is 0 Å². The van der Waals surface area contributed by atoms with Crippen LogP contribution in [0.1, 0.15) is 13.8 Å². The van der Waals surface area contributed by atoms with E-state index in [2.05, 4.69) is 10.6 Å². The summed E-state index contributed by atoms with van der Waals surface area (Å²) in [7, 11) is 0. The first-order valence-corrected chi connectivity index (χ1v) is 7.82. The van der Waals surface area contributed by atoms with E-state index in [9.17, 15) is 9.90 Å². The molecule has 0 aliphatic heterocycles. The van der Waals surface area contributed by atoms with Crippen LogP contribution in [-0.2, 0) is 4.79 Å². The highest BCUT2D eigenvalue weighted by Gasteiger charge is 2.60. The van der Waals surface area contributed by atoms with Crippen LogP contribution in [-0.4, -0.2) is 16.1 Å². The molecule has 2 rings (SSSR count). The summed E-state index contributed by atoms with van der Waals surface area (Å²) in [4.78, 5) is 12.3. The molecule has 0 heterocycles. The quantitative estimate of drug-likeness (QED) is 0.719. The Morgan fingerprint density at radius 3 is 2.68 bits per heavy atom. The standard InChI is InChI=1S/C15H16Cl2N2O2S/c1-15(2)10(7-11(16)17)12(15)13(21)19-14(22)18-8-4-3-5-9(20)6-8/h3-7,10,12,20H,1-2H3,(H2,18,19,21,22). The average molecular weight is 359 g/mol. The van der Waals surface area contributed by atoms with Crippen molar-refractivity contribution in [1.29, 1.82) is 0 Å². The lowest BCUT2D eigenvalue weighted by Gasteiger charge is -2.10. The lowest BCUT2D eigenvalue weighted by molar-refractivity contribution is -0.121. The number of nitrogens with one attached hydrogen (secondary N) is 2. The van der Waals surface area contributed by atoms with E-state index in [0.717, 1.165) is 0 Å². The molecule has 0 radical (unpaired) electrons. The van der Waals surface area contributed by atoms with Gasteiger partial charge in [-0.15, -0.1) is 0 Å². The molecule has 0 aromatic heterocycles. The van der Waals surface area contributed by atoms with Crippen molar-refractivity contribution in [3.63, 3.8) is 0 Å². The normalized spacial score (nSPS) is 21.6. The fraction of sp³-hybridized carbons (Fsp3) is 0.333. The third-order valence-corrected chi connectivity index (χ3v) is 4.30. The second-order valence-corrected chi connectivity index (χ2v) is 7.19. The Balaban J connectivity index is 1.95. The highest BCUT2D eigenvalue weighted by molar-refractivity contribution is 7.80. The predicted octanol–water partition coefficient (Wildman–Crippen LogP) is 3.80. The Kier molecular flexibility index (Phi) is 5.00. The first-order chi connectivity index (χ1) is 10.2. The maximum absolute atomic E-state index is 12.3. The van der Waals surface area contributed by atoms with Gasteiger partial charge < -0.3 is 15.7 Å². The molecule has 1 aromatic carbocycles. The van der Waals surface area contributed by atoms with Gasteiger partial charge in [-0.2, -0.15) is 0 Å². The zero-order chi connectivity index (χ0) is 16.5. The SMILES string of the molecule is CC1(C)C(C=C(Cl)Cl)C1C(=O)NC(=S)Nc1cccc(O)c1. The Bertz CT molecular complexity index is 642. The van der Waals surface area contributed by atoms with Gasteiger partial charge >= 0.3 is 0 Å². The van der Waals surface area contributed by atoms with Gasteiger partial charge in [-0.25, -0.2) is 0 Å². The van der Waals surface area contributed by atoms with Crippen LogP contribution < -0.4 is 10.6 Å². The lowest BCUT2D eigenvalue weighted by atomic mass is 10.1. The van der Waals surface area contributed by atoms with E-state index in [0.29, 0.717) is 5.69 Å². The summed E-state index contributed by atoms with van der Waals surface area (Å²) in [5.41, 5.74) is 0.389. The molecular formula is C15H16Cl2N2O2S. The third kappa shape index (κ3) is 3.91. The fourth-order valence-electron chi connectivity index (χ4n) is 2.56. The van der Waals surface area contributed by atoms with Crippen molar-refractivity contribution in [2.45, 2.75) is 13.8 Å². The van der Waals surface area contributed by atoms with Gasteiger partial charge in [0.2, 0.25) is 5.91 Å². The molecular weight excluding hydrogens is 343 g/mol. The minimum atomic E-state index is -0.232. The van der Waals surface area contributed by atoms with Crippen LogP contribution in [0, 0.1) is 17.3 Å². The number of carbonyl (C=O) groups is 1. The zero-order valence-electron chi connectivity index (χ0n) is 12.1. The van der Waals surface area contributed by atoms with Crippen LogP contribution in [0.2, 0.25) is 0 Å². The van der Waals surface area contributed by atoms with Gasteiger partial charge in [-0.3, -0.25) is 4.79 Å². The van der Waals surface area contributed by atoms with Gasteiger partial charge in [0.25, 0.3) is 0 Å². The molecule has 7 heteroatoms. The van der Waals surface area contributed by atoms with Crippen molar-refractivity contribution in [3.8, 4) is 5.75 Å². The molecule has 1 amide bonds. The highest BCUT2D eigenvalue weighted by Crippen LogP contribution is 2.59. The number of allylic oxidation sites excluding steroid dienone is 1. The van der Waals surface area contributed by atoms with Crippen LogP contribution in [0.5, 0.6) is 5.75 Å². The number of phenols is 1. The number of rotatable bonds is 3. The molecule has 2 atom stereocenters. The van der Waals surface area contributed by atoms with Gasteiger partial charge in [0.15, 0.2) is 5.11 Å². The number of aromatic hydroxyl groups is 1. The lowest BCUT2D eigenvalue weighted by Crippen LogP contribution is -2.36. The average Bonchev–Trinajstić information content (AvgIpc) is 2.89. The van der Waals surface area contributed by atoms with Crippen molar-refractivity contribution in [1.82, 2.24) is 5.32 Å². The Hall–Kier alpha value is -1.30. The smallest absolute Gasteiger partial charge is 0.230 e. The number of thiocarbonyl (C=S) groups is 1. The largest absolute Gasteiger partial charge is 0.508 e. The van der Waals surface area contributed by atoms with Crippen LogP contribution in [0.25, 0.3) is 0 Å². The predicted molar refractivity (Wildman–Crippen MR) is 93.0 cm³/mol. The number of benzene rings is 1. The summed E-state index contributed by atoms with van der Waals surface area (Å²) in [5.74, 6) is -0.312. The minimum Gasteiger partial charge on any atom is -0.508 e. The second kappa shape index (κ2) is 6.44. The minimum absolute atomic E-state index is 0.0129. The molecule has 0 spiro atoms. The Morgan fingerprint density at radius 2 is 2.09 bits per heavy atom. The van der Waals surface area contributed by atoms with E-state index in [1.54, 1.807) is 24.3 Å². The molecule has 22 heavy (non-hydrogen) atoms. The molecule has 1 saturated carbocycles. The number of anilines is 1. The second-order valence-electron chi connectivity index (χ2n) is 5.77. The summed E-state index contributed by atoms with van der Waals surface area (Å²) in [5, 5.41) is 15.1. The summed E-state index contributed by atoms with van der Waals surface area (Å²) >= 11 is 16.5. The van der Waals surface area contributed by atoms with Crippen molar-refractivity contribution in [2.24, 2.45) is 17.3 Å². The van der Waals surface area contributed by atoms with Gasteiger partial charge in [-0.1, -0.05) is 43.1 Å². The van der Waals surface area contributed by atoms with Crippen LogP contribution in [0.15, 0.2) is 34.8 Å². The number of hydrogen-bond acceptors (Lipinski definition) is 3. The van der Waals surface area contributed by atoms with Gasteiger partial charge in [-0.05, 0) is 41.8 Å². The van der Waals surface area contributed by atoms with E-state index in [1.165, 1.54) is 6.07 Å². The van der Waals surface area contributed by atoms with Gasteiger partial charge in [0.1, 0.15) is 10.2 Å². The van der Waals surface area contributed by atoms with Gasteiger partial charge in [0.05, 0.1) is 5.92 Å². The molecule has 2 unspecified atom stereocenters. The third-order valence-electron chi connectivity index (χ3n) is 3.84. The van der Waals surface area contributed by atoms with E-state index >= 15 is 0 Å². The summed E-state index contributed by atoms with van der Waals surface area (Å²) in [6.45, 7) is 3.95. The fourth-order valence-corrected chi connectivity index (χ4v) is 3.05. The van der Waals surface area contributed by atoms with Crippen molar-refractivity contribution < 1.29 is 9.90 Å². The van der Waals surface area contributed by atoms with E-state index in [1.807, 2.05) is 13.8 Å². The molecule has 4 nitrogen and oxygen atoms in total. The first-order valence-electron chi connectivity index (χ1n) is 6.65. The summed E-state index contributed by atoms with van der Waals surface area (Å²) in [6.07, 6.45) is 1.68. The molecule has 1 aliphatic rings. The van der Waals surface area contributed by atoms with Crippen molar-refractivity contribution in [3.05, 3.63) is 34.8 Å². The molecule has 118 valence electrons. The number of phenolic OH excluding ortho intramolecular Hbond substituents is 1.